The molecule has 0 aromatic heterocycles. The second-order valence-corrected chi connectivity index (χ2v) is 5.60. The van der Waals surface area contributed by atoms with Crippen LogP contribution in [0.5, 0.6) is 5.75 Å². The Hall–Kier alpha value is -0.970. The van der Waals surface area contributed by atoms with Crippen LogP contribution in [0, 0.1) is 6.92 Å². The van der Waals surface area contributed by atoms with Gasteiger partial charge >= 0.3 is 0 Å². The Labute approximate surface area is 118 Å². The molecule has 0 bridgehead atoms. The fourth-order valence-corrected chi connectivity index (χ4v) is 2.75. The quantitative estimate of drug-likeness (QED) is 0.432. The predicted molar refractivity (Wildman–Crippen MR) is 77.6 cm³/mol. The highest BCUT2D eigenvalue weighted by atomic mass is 32.2. The topological polar surface area (TPSA) is 27.7 Å². The lowest BCUT2D eigenvalue weighted by Crippen LogP contribution is -2.42. The maximum Gasteiger partial charge on any atom is 0.197 e. The van der Waals surface area contributed by atoms with Crippen molar-refractivity contribution in [2.75, 3.05) is 12.4 Å². The number of benzene rings is 1. The van der Waals surface area contributed by atoms with Crippen molar-refractivity contribution in [1.82, 2.24) is 0 Å². The molecule has 1 fully saturated rings. The third kappa shape index (κ3) is 4.27. The summed E-state index contributed by atoms with van der Waals surface area (Å²) in [5.74, 6) is 1.95. The average Bonchev–Trinajstić information content (AvgIpc) is 2.35. The normalized spacial score (nSPS) is 21.8. The zero-order chi connectivity index (χ0) is 13.7. The summed E-state index contributed by atoms with van der Waals surface area (Å²) in [6.45, 7) is 8.09. The maximum atomic E-state index is 5.69. The lowest BCUT2D eigenvalue weighted by atomic mass is 10.2. The van der Waals surface area contributed by atoms with E-state index in [4.69, 9.17) is 14.2 Å². The minimum Gasteiger partial charge on any atom is -0.488 e. The Balaban J connectivity index is 1.82. The highest BCUT2D eigenvalue weighted by Gasteiger charge is 2.27. The van der Waals surface area contributed by atoms with E-state index in [2.05, 4.69) is 25.6 Å². The van der Waals surface area contributed by atoms with Gasteiger partial charge in [0.05, 0.1) is 0 Å². The molecule has 0 saturated carbocycles. The van der Waals surface area contributed by atoms with Gasteiger partial charge in [-0.2, -0.15) is 0 Å². The Bertz CT molecular complexity index is 427. The van der Waals surface area contributed by atoms with Crippen molar-refractivity contribution in [3.05, 3.63) is 36.4 Å². The van der Waals surface area contributed by atoms with E-state index in [9.17, 15) is 0 Å². The van der Waals surface area contributed by atoms with Crippen molar-refractivity contribution in [3.8, 4) is 5.75 Å². The van der Waals surface area contributed by atoms with Gasteiger partial charge in [-0.3, -0.25) is 0 Å². The van der Waals surface area contributed by atoms with E-state index < -0.39 is 0 Å². The summed E-state index contributed by atoms with van der Waals surface area (Å²) in [4.78, 5) is 1.26. The fourth-order valence-electron chi connectivity index (χ4n) is 1.81. The molecule has 1 heterocycles. The summed E-state index contributed by atoms with van der Waals surface area (Å²) in [5, 5.41) is 0. The molecule has 2 rings (SSSR count). The van der Waals surface area contributed by atoms with Crippen molar-refractivity contribution in [2.24, 2.45) is 0 Å². The molecule has 19 heavy (non-hydrogen) atoms. The zero-order valence-corrected chi connectivity index (χ0v) is 12.2. The standard InChI is InChI=1S/C15H20O3S/c1-4-5-8-19-13-6-7-14(11(2)9-13)16-10-15-17-12(3)18-15/h4,6-7,9,12,15H,1,5,8,10H2,2-3H3. The van der Waals surface area contributed by atoms with Crippen molar-refractivity contribution >= 4 is 11.8 Å². The summed E-state index contributed by atoms with van der Waals surface area (Å²) >= 11 is 1.83. The van der Waals surface area contributed by atoms with Crippen LogP contribution >= 0.6 is 11.8 Å². The Morgan fingerprint density at radius 1 is 1.42 bits per heavy atom. The molecule has 1 aliphatic heterocycles. The molecule has 1 saturated heterocycles. The van der Waals surface area contributed by atoms with Gasteiger partial charge in [-0.15, -0.1) is 18.3 Å². The van der Waals surface area contributed by atoms with Crippen LogP contribution in [-0.2, 0) is 9.47 Å². The van der Waals surface area contributed by atoms with Gasteiger partial charge in [-0.05, 0) is 44.0 Å². The van der Waals surface area contributed by atoms with Gasteiger partial charge in [0, 0.05) is 10.6 Å². The zero-order valence-electron chi connectivity index (χ0n) is 11.4. The Kier molecular flexibility index (Phi) is 5.31. The van der Waals surface area contributed by atoms with E-state index in [-0.39, 0.29) is 12.6 Å². The minimum absolute atomic E-state index is 0.0988. The van der Waals surface area contributed by atoms with E-state index in [1.54, 1.807) is 0 Å². The molecule has 1 aromatic carbocycles. The third-order valence-corrected chi connectivity index (χ3v) is 3.83. The first kappa shape index (κ1) is 14.4. The first-order valence-corrected chi connectivity index (χ1v) is 7.45. The molecular weight excluding hydrogens is 260 g/mol. The molecule has 0 unspecified atom stereocenters. The first-order chi connectivity index (χ1) is 9.19. The highest BCUT2D eigenvalue weighted by molar-refractivity contribution is 7.99. The van der Waals surface area contributed by atoms with Gasteiger partial charge < -0.3 is 14.2 Å². The van der Waals surface area contributed by atoms with Crippen LogP contribution in [0.1, 0.15) is 18.9 Å². The first-order valence-electron chi connectivity index (χ1n) is 6.47. The predicted octanol–water partition coefficient (Wildman–Crippen LogP) is 3.76. The molecule has 104 valence electrons. The molecule has 0 N–H and O–H groups in total. The molecule has 0 radical (unpaired) electrons. The molecule has 0 aliphatic carbocycles. The van der Waals surface area contributed by atoms with E-state index >= 15 is 0 Å². The number of hydrogen-bond acceptors (Lipinski definition) is 4. The lowest BCUT2D eigenvalue weighted by molar-refractivity contribution is -0.380. The summed E-state index contributed by atoms with van der Waals surface area (Å²) in [6.07, 6.45) is 2.64. The van der Waals surface area contributed by atoms with Gasteiger partial charge in [-0.1, -0.05) is 6.08 Å². The second-order valence-electron chi connectivity index (χ2n) is 4.43. The van der Waals surface area contributed by atoms with Crippen LogP contribution in [0.2, 0.25) is 0 Å². The summed E-state index contributed by atoms with van der Waals surface area (Å²) in [5.41, 5.74) is 1.14. The number of rotatable bonds is 7. The molecule has 0 amide bonds. The molecular formula is C15H20O3S. The molecule has 1 aromatic rings. The van der Waals surface area contributed by atoms with E-state index in [0.717, 1.165) is 23.5 Å². The fraction of sp³-hybridized carbons (Fsp3) is 0.467. The number of hydrogen-bond donors (Lipinski definition) is 0. The SMILES string of the molecule is C=CCCSc1ccc(OCC2OC(C)O2)c(C)c1. The van der Waals surface area contributed by atoms with E-state index in [1.165, 1.54) is 4.90 Å². The van der Waals surface area contributed by atoms with Crippen LogP contribution in [0.25, 0.3) is 0 Å². The van der Waals surface area contributed by atoms with Crippen LogP contribution in [0.4, 0.5) is 0 Å². The third-order valence-electron chi connectivity index (χ3n) is 2.80. The smallest absolute Gasteiger partial charge is 0.197 e. The molecule has 0 spiro atoms. The van der Waals surface area contributed by atoms with E-state index in [0.29, 0.717) is 6.61 Å². The van der Waals surface area contributed by atoms with Crippen LogP contribution < -0.4 is 4.74 Å². The Morgan fingerprint density at radius 2 is 2.21 bits per heavy atom. The van der Waals surface area contributed by atoms with Crippen molar-refractivity contribution < 1.29 is 14.2 Å². The molecule has 1 aliphatic rings. The van der Waals surface area contributed by atoms with Gasteiger partial charge in [0.15, 0.2) is 12.6 Å². The number of aryl methyl sites for hydroxylation is 1. The number of allylic oxidation sites excluding steroid dienone is 1. The second kappa shape index (κ2) is 6.98. The van der Waals surface area contributed by atoms with Gasteiger partial charge in [-0.25, -0.2) is 0 Å². The van der Waals surface area contributed by atoms with Crippen LogP contribution in [0.15, 0.2) is 35.7 Å². The summed E-state index contributed by atoms with van der Waals surface area (Å²) < 4.78 is 16.4. The van der Waals surface area contributed by atoms with Crippen molar-refractivity contribution in [3.63, 3.8) is 0 Å². The van der Waals surface area contributed by atoms with Crippen molar-refractivity contribution in [1.29, 1.82) is 0 Å². The Morgan fingerprint density at radius 3 is 2.84 bits per heavy atom. The highest BCUT2D eigenvalue weighted by Crippen LogP contribution is 2.27. The van der Waals surface area contributed by atoms with Gasteiger partial charge in [0.2, 0.25) is 0 Å². The van der Waals surface area contributed by atoms with Crippen LogP contribution in [-0.4, -0.2) is 24.9 Å². The maximum absolute atomic E-state index is 5.69. The minimum atomic E-state index is -0.226. The number of thioether (sulfide) groups is 1. The average molecular weight is 280 g/mol. The van der Waals surface area contributed by atoms with Crippen molar-refractivity contribution in [2.45, 2.75) is 37.7 Å². The van der Waals surface area contributed by atoms with E-state index in [1.807, 2.05) is 30.8 Å². The summed E-state index contributed by atoms with van der Waals surface area (Å²) in [6, 6.07) is 6.24. The molecule has 0 atom stereocenters. The molecule has 3 nitrogen and oxygen atoms in total. The summed E-state index contributed by atoms with van der Waals surface area (Å²) in [7, 11) is 0. The lowest BCUT2D eigenvalue weighted by Gasteiger charge is -2.33. The number of ether oxygens (including phenoxy) is 3. The van der Waals surface area contributed by atoms with Gasteiger partial charge in [0.1, 0.15) is 12.4 Å². The van der Waals surface area contributed by atoms with Crippen LogP contribution in [0.3, 0.4) is 0 Å². The molecule has 4 heteroatoms. The monoisotopic (exact) mass is 280 g/mol. The largest absolute Gasteiger partial charge is 0.488 e. The van der Waals surface area contributed by atoms with Gasteiger partial charge in [0.25, 0.3) is 0 Å².